The zero-order valence-corrected chi connectivity index (χ0v) is 42.6. The summed E-state index contributed by atoms with van der Waals surface area (Å²) in [6.07, 6.45) is 63.9. The molecule has 0 aliphatic heterocycles. The van der Waals surface area contributed by atoms with Crippen molar-refractivity contribution >= 4 is 17.9 Å². The molecule has 0 bridgehead atoms. The van der Waals surface area contributed by atoms with Crippen LogP contribution in [0.4, 0.5) is 0 Å². The fraction of sp³-hybridized carbons (Fsp3) is 0.810. The summed E-state index contributed by atoms with van der Waals surface area (Å²) in [5.41, 5.74) is 0. The first kappa shape index (κ1) is 61.4. The highest BCUT2D eigenvalue weighted by Crippen LogP contribution is 2.16. The topological polar surface area (TPSA) is 78.9 Å². The minimum Gasteiger partial charge on any atom is -0.462 e. The van der Waals surface area contributed by atoms with E-state index in [9.17, 15) is 14.4 Å². The first-order valence-electron chi connectivity index (χ1n) is 27.6. The van der Waals surface area contributed by atoms with Gasteiger partial charge in [0.15, 0.2) is 6.10 Å². The highest BCUT2D eigenvalue weighted by atomic mass is 16.6. The predicted molar refractivity (Wildman–Crippen MR) is 275 cm³/mol. The van der Waals surface area contributed by atoms with Crippen LogP contribution in [-0.2, 0) is 28.6 Å². The largest absolute Gasteiger partial charge is 0.462 e. The van der Waals surface area contributed by atoms with Gasteiger partial charge >= 0.3 is 17.9 Å². The molecule has 0 rings (SSSR count). The van der Waals surface area contributed by atoms with Gasteiger partial charge in [-0.3, -0.25) is 14.4 Å². The Kier molecular flexibility index (Phi) is 50.8. The lowest BCUT2D eigenvalue weighted by Gasteiger charge is -2.18. The molecule has 0 aromatic rings. The van der Waals surface area contributed by atoms with Gasteiger partial charge in [-0.1, -0.05) is 236 Å². The van der Waals surface area contributed by atoms with Gasteiger partial charge in [0.2, 0.25) is 0 Å². The molecule has 0 aromatic carbocycles. The lowest BCUT2D eigenvalue weighted by molar-refractivity contribution is -0.167. The second-order valence-corrected chi connectivity index (χ2v) is 18.5. The molecule has 0 saturated carbocycles. The van der Waals surface area contributed by atoms with E-state index in [0.29, 0.717) is 19.3 Å². The van der Waals surface area contributed by atoms with Crippen LogP contribution >= 0.6 is 0 Å². The van der Waals surface area contributed by atoms with E-state index in [1.54, 1.807) is 0 Å². The van der Waals surface area contributed by atoms with E-state index < -0.39 is 6.10 Å². The number of ether oxygens (including phenoxy) is 3. The molecule has 0 spiro atoms. The molecule has 0 aliphatic rings. The van der Waals surface area contributed by atoms with Crippen LogP contribution < -0.4 is 0 Å². The predicted octanol–water partition coefficient (Wildman–Crippen LogP) is 18.3. The molecule has 1 atom stereocenters. The van der Waals surface area contributed by atoms with Crippen molar-refractivity contribution in [2.24, 2.45) is 0 Å². The van der Waals surface area contributed by atoms with E-state index in [2.05, 4.69) is 69.4 Å². The molecule has 6 heteroatoms. The summed E-state index contributed by atoms with van der Waals surface area (Å²) in [5, 5.41) is 0. The third-order valence-corrected chi connectivity index (χ3v) is 12.1. The van der Waals surface area contributed by atoms with Gasteiger partial charge in [-0.15, -0.1) is 0 Å². The lowest BCUT2D eigenvalue weighted by atomic mass is 10.0. The molecule has 0 unspecified atom stereocenters. The van der Waals surface area contributed by atoms with Crippen LogP contribution in [0.2, 0.25) is 0 Å². The molecule has 0 amide bonds. The van der Waals surface area contributed by atoms with Crippen LogP contribution in [0.15, 0.2) is 48.6 Å². The molecule has 0 fully saturated rings. The molecule has 0 aromatic heterocycles. The maximum Gasteiger partial charge on any atom is 0.306 e. The monoisotopic (exact) mass is 897 g/mol. The molecule has 0 aliphatic carbocycles. The van der Waals surface area contributed by atoms with Crippen LogP contribution in [0.25, 0.3) is 0 Å². The van der Waals surface area contributed by atoms with Gasteiger partial charge < -0.3 is 14.2 Å². The summed E-state index contributed by atoms with van der Waals surface area (Å²) in [7, 11) is 0. The molecule has 0 heterocycles. The van der Waals surface area contributed by atoms with Gasteiger partial charge in [0, 0.05) is 19.3 Å². The highest BCUT2D eigenvalue weighted by molar-refractivity contribution is 5.71. The van der Waals surface area contributed by atoms with Crippen LogP contribution in [0.3, 0.4) is 0 Å². The molecule has 372 valence electrons. The average molecular weight is 897 g/mol. The third kappa shape index (κ3) is 50.4. The number of rotatable bonds is 50. The molecule has 64 heavy (non-hydrogen) atoms. The zero-order chi connectivity index (χ0) is 46.5. The molecule has 6 nitrogen and oxygen atoms in total. The maximum atomic E-state index is 12.8. The Morgan fingerprint density at radius 3 is 1.00 bits per heavy atom. The fourth-order valence-electron chi connectivity index (χ4n) is 7.92. The van der Waals surface area contributed by atoms with Gasteiger partial charge in [-0.05, 0) is 77.0 Å². The standard InChI is InChI=1S/C58H104O6/c1-4-7-10-13-16-19-22-25-27-28-29-30-32-33-36-39-42-45-48-51-57(60)63-54-55(53-62-56(59)50-47-44-41-38-35-24-21-18-15-12-9-6-3)64-58(61)52-49-46-43-40-37-34-31-26-23-20-17-14-11-8-5-2/h8,11,17-18,20-21,26,31,55H,4-7,9-10,12-16,19,22-25,27-30,32-54H2,1-3H3/b11-8-,20-17-,21-18-,31-26-/t55-/m1/s1. The van der Waals surface area contributed by atoms with Crippen molar-refractivity contribution in [1.29, 1.82) is 0 Å². The normalized spacial score (nSPS) is 12.4. The number of hydrogen-bond donors (Lipinski definition) is 0. The number of hydrogen-bond acceptors (Lipinski definition) is 6. The van der Waals surface area contributed by atoms with E-state index >= 15 is 0 Å². The molecular formula is C58H104O6. The van der Waals surface area contributed by atoms with Gasteiger partial charge in [0.1, 0.15) is 13.2 Å². The smallest absolute Gasteiger partial charge is 0.306 e. The van der Waals surface area contributed by atoms with Crippen LogP contribution in [0.1, 0.15) is 284 Å². The third-order valence-electron chi connectivity index (χ3n) is 12.1. The van der Waals surface area contributed by atoms with Crippen molar-refractivity contribution in [1.82, 2.24) is 0 Å². The lowest BCUT2D eigenvalue weighted by Crippen LogP contribution is -2.30. The Morgan fingerprint density at radius 1 is 0.328 bits per heavy atom. The summed E-state index contributed by atoms with van der Waals surface area (Å²) < 4.78 is 16.8. The van der Waals surface area contributed by atoms with Crippen molar-refractivity contribution in [2.45, 2.75) is 290 Å². The molecular weight excluding hydrogens is 793 g/mol. The fourth-order valence-corrected chi connectivity index (χ4v) is 7.92. The van der Waals surface area contributed by atoms with Gasteiger partial charge in [-0.25, -0.2) is 0 Å². The van der Waals surface area contributed by atoms with Crippen molar-refractivity contribution in [3.8, 4) is 0 Å². The number of carbonyl (C=O) groups is 3. The Labute approximate surface area is 397 Å². The number of carbonyl (C=O) groups excluding carboxylic acids is 3. The van der Waals surface area contributed by atoms with E-state index in [1.165, 1.54) is 141 Å². The van der Waals surface area contributed by atoms with Crippen LogP contribution in [0, 0.1) is 0 Å². The number of unbranched alkanes of at least 4 members (excludes halogenated alkanes) is 31. The van der Waals surface area contributed by atoms with E-state index in [-0.39, 0.29) is 31.1 Å². The summed E-state index contributed by atoms with van der Waals surface area (Å²) in [4.78, 5) is 38.0. The summed E-state index contributed by atoms with van der Waals surface area (Å²) in [6, 6.07) is 0. The van der Waals surface area contributed by atoms with Gasteiger partial charge in [-0.2, -0.15) is 0 Å². The van der Waals surface area contributed by atoms with E-state index in [4.69, 9.17) is 14.2 Å². The minimum absolute atomic E-state index is 0.0801. The SMILES string of the molecule is CC/C=C\C/C=C\C/C=C\CCCCCCCC(=O)O[C@H](COC(=O)CCCCCCC/C=C\CCCCC)COC(=O)CCCCCCCCCCCCCCCCCCCCC. The Morgan fingerprint density at radius 2 is 0.609 bits per heavy atom. The Bertz CT molecular complexity index is 1120. The summed E-state index contributed by atoms with van der Waals surface area (Å²) in [6.45, 7) is 6.51. The number of allylic oxidation sites excluding steroid dienone is 8. The second-order valence-electron chi connectivity index (χ2n) is 18.5. The Balaban J connectivity index is 4.33. The van der Waals surface area contributed by atoms with Crippen LogP contribution in [-0.4, -0.2) is 37.2 Å². The highest BCUT2D eigenvalue weighted by Gasteiger charge is 2.19. The first-order valence-corrected chi connectivity index (χ1v) is 27.6. The summed E-state index contributed by atoms with van der Waals surface area (Å²) >= 11 is 0. The molecule has 0 N–H and O–H groups in total. The first-order chi connectivity index (χ1) is 31.5. The van der Waals surface area contributed by atoms with E-state index in [0.717, 1.165) is 103 Å². The van der Waals surface area contributed by atoms with Crippen molar-refractivity contribution in [3.63, 3.8) is 0 Å². The second kappa shape index (κ2) is 53.0. The maximum absolute atomic E-state index is 12.8. The Hall–Kier alpha value is -2.63. The average Bonchev–Trinajstić information content (AvgIpc) is 3.29. The molecule has 0 radical (unpaired) electrons. The van der Waals surface area contributed by atoms with Crippen molar-refractivity contribution in [3.05, 3.63) is 48.6 Å². The van der Waals surface area contributed by atoms with Crippen LogP contribution in [0.5, 0.6) is 0 Å². The molecule has 0 saturated heterocycles. The minimum atomic E-state index is -0.782. The van der Waals surface area contributed by atoms with Crippen molar-refractivity contribution in [2.75, 3.05) is 13.2 Å². The van der Waals surface area contributed by atoms with E-state index in [1.807, 2.05) is 0 Å². The van der Waals surface area contributed by atoms with Gasteiger partial charge in [0.05, 0.1) is 0 Å². The zero-order valence-electron chi connectivity index (χ0n) is 42.6. The van der Waals surface area contributed by atoms with Gasteiger partial charge in [0.25, 0.3) is 0 Å². The van der Waals surface area contributed by atoms with Crippen molar-refractivity contribution < 1.29 is 28.6 Å². The quantitative estimate of drug-likeness (QED) is 0.0262. The number of esters is 3. The summed E-state index contributed by atoms with van der Waals surface area (Å²) in [5.74, 6) is -0.895.